The van der Waals surface area contributed by atoms with Gasteiger partial charge in [-0.05, 0) is 38.1 Å². The van der Waals surface area contributed by atoms with Crippen LogP contribution in [0.15, 0.2) is 71.9 Å². The van der Waals surface area contributed by atoms with E-state index < -0.39 is 28.0 Å². The van der Waals surface area contributed by atoms with E-state index in [2.05, 4.69) is 20.6 Å². The third-order valence-electron chi connectivity index (χ3n) is 4.58. The van der Waals surface area contributed by atoms with Gasteiger partial charge >= 0.3 is 11.9 Å². The average Bonchev–Trinajstić information content (AvgIpc) is 2.83. The van der Waals surface area contributed by atoms with Crippen molar-refractivity contribution in [3.63, 3.8) is 0 Å². The first-order valence-corrected chi connectivity index (χ1v) is 12.1. The summed E-state index contributed by atoms with van der Waals surface area (Å²) in [6.45, 7) is 3.61. The summed E-state index contributed by atoms with van der Waals surface area (Å²) in [4.78, 5) is 41.2. The molecule has 3 rings (SSSR count). The largest absolute Gasteiger partial charge is 0.456 e. The number of allylic oxidation sites excluding steroid dienone is 1. The zero-order chi connectivity index (χ0) is 25.4. The molecule has 0 spiro atoms. The number of amides is 1. The third kappa shape index (κ3) is 7.40. The van der Waals surface area contributed by atoms with Gasteiger partial charge in [0, 0.05) is 18.3 Å². The number of ketones is 1. The normalized spacial score (nSPS) is 13.1. The summed E-state index contributed by atoms with van der Waals surface area (Å²) >= 11 is 0. The number of carbonyl (C=O) groups excluding carboxylic acids is 3. The highest BCUT2D eigenvalue weighted by atomic mass is 32.2. The van der Waals surface area contributed by atoms with E-state index in [1.165, 1.54) is 30.5 Å². The molecule has 0 saturated carbocycles. The SMILES string of the molecule is CC(C)OC(=O)C(=O)NNc1ccc(NS(=O)(=O)C2=CCN(CC(=O)c3ccccc3)C=C2)cn1. The number of hydrazine groups is 1. The van der Waals surface area contributed by atoms with E-state index in [0.29, 0.717) is 5.56 Å². The summed E-state index contributed by atoms with van der Waals surface area (Å²) in [6.07, 6.45) is 5.30. The van der Waals surface area contributed by atoms with Crippen molar-refractivity contribution in [2.45, 2.75) is 20.0 Å². The topological polar surface area (TPSA) is 147 Å². The van der Waals surface area contributed by atoms with Crippen molar-refractivity contribution >= 4 is 39.2 Å². The van der Waals surface area contributed by atoms with E-state index in [4.69, 9.17) is 4.74 Å². The van der Waals surface area contributed by atoms with Gasteiger partial charge in [0.1, 0.15) is 5.82 Å². The van der Waals surface area contributed by atoms with Crippen molar-refractivity contribution in [1.29, 1.82) is 0 Å². The first-order chi connectivity index (χ1) is 16.6. The van der Waals surface area contributed by atoms with Gasteiger partial charge in [-0.2, -0.15) is 0 Å². The Morgan fingerprint density at radius 2 is 1.86 bits per heavy atom. The lowest BCUT2D eigenvalue weighted by Crippen LogP contribution is -2.37. The molecule has 184 valence electrons. The van der Waals surface area contributed by atoms with Gasteiger partial charge in [-0.1, -0.05) is 30.3 Å². The lowest BCUT2D eigenvalue weighted by Gasteiger charge is -2.22. The second kappa shape index (κ2) is 11.3. The molecule has 0 atom stereocenters. The number of Topliss-reactive ketones (excluding diaryl/α,β-unsaturated/α-hetero) is 1. The fraction of sp³-hybridized carbons (Fsp3) is 0.217. The van der Waals surface area contributed by atoms with Crippen molar-refractivity contribution in [3.8, 4) is 0 Å². The quantitative estimate of drug-likeness (QED) is 0.203. The Kier molecular flexibility index (Phi) is 8.21. The van der Waals surface area contributed by atoms with Crippen LogP contribution >= 0.6 is 0 Å². The average molecular weight is 500 g/mol. The van der Waals surface area contributed by atoms with Crippen LogP contribution in [0.25, 0.3) is 0 Å². The molecule has 1 aromatic carbocycles. The molecule has 0 radical (unpaired) electrons. The van der Waals surface area contributed by atoms with Gasteiger partial charge in [0.2, 0.25) is 0 Å². The van der Waals surface area contributed by atoms with Crippen LogP contribution in [0.4, 0.5) is 11.5 Å². The van der Waals surface area contributed by atoms with Crippen LogP contribution in [0.1, 0.15) is 24.2 Å². The number of ether oxygens (including phenoxy) is 1. The molecule has 35 heavy (non-hydrogen) atoms. The Hall–Kier alpha value is -4.19. The Labute approximate surface area is 202 Å². The number of pyridine rings is 1. The molecule has 0 unspecified atom stereocenters. The van der Waals surface area contributed by atoms with Crippen LogP contribution in [0.5, 0.6) is 0 Å². The number of nitrogens with zero attached hydrogens (tertiary/aromatic N) is 2. The van der Waals surface area contributed by atoms with E-state index in [9.17, 15) is 22.8 Å². The Balaban J connectivity index is 1.52. The molecular formula is C23H25N5O6S. The summed E-state index contributed by atoms with van der Waals surface area (Å²) in [5.74, 6) is -1.94. The van der Waals surface area contributed by atoms with Gasteiger partial charge in [-0.25, -0.2) is 18.2 Å². The summed E-state index contributed by atoms with van der Waals surface area (Å²) in [7, 11) is -3.88. The van der Waals surface area contributed by atoms with Gasteiger partial charge in [0.15, 0.2) is 5.78 Å². The first kappa shape index (κ1) is 25.4. The number of esters is 1. The van der Waals surface area contributed by atoms with E-state index in [1.807, 2.05) is 6.07 Å². The third-order valence-corrected chi connectivity index (χ3v) is 6.01. The Morgan fingerprint density at radius 1 is 1.11 bits per heavy atom. The number of sulfonamides is 1. The predicted molar refractivity (Wildman–Crippen MR) is 129 cm³/mol. The fourth-order valence-corrected chi connectivity index (χ4v) is 4.00. The highest BCUT2D eigenvalue weighted by Crippen LogP contribution is 2.19. The van der Waals surface area contributed by atoms with Gasteiger partial charge in [0.25, 0.3) is 10.0 Å². The highest BCUT2D eigenvalue weighted by molar-refractivity contribution is 7.96. The summed E-state index contributed by atoms with van der Waals surface area (Å²) in [5.41, 5.74) is 5.36. The molecule has 0 fully saturated rings. The molecule has 1 amide bonds. The number of benzene rings is 1. The molecule has 0 saturated heterocycles. The standard InChI is InChI=1S/C23H25N5O6S/c1-16(2)34-23(31)22(30)26-25-21-9-8-18(14-24-21)27-35(32,33)19-10-12-28(13-11-19)15-20(29)17-6-4-3-5-7-17/h3-12,14,16,27H,13,15H2,1-2H3,(H,24,25)(H,26,30). The van der Waals surface area contributed by atoms with Crippen molar-refractivity contribution in [1.82, 2.24) is 15.3 Å². The number of hydrogen-bond donors (Lipinski definition) is 3. The maximum absolute atomic E-state index is 12.7. The number of rotatable bonds is 9. The van der Waals surface area contributed by atoms with Gasteiger partial charge in [-0.15, -0.1) is 0 Å². The number of anilines is 2. The molecule has 2 aromatic rings. The molecule has 1 aromatic heterocycles. The van der Waals surface area contributed by atoms with E-state index in [-0.39, 0.29) is 35.3 Å². The molecule has 0 aliphatic carbocycles. The van der Waals surface area contributed by atoms with Crippen molar-refractivity contribution < 1.29 is 27.5 Å². The molecule has 12 heteroatoms. The van der Waals surface area contributed by atoms with E-state index >= 15 is 0 Å². The van der Waals surface area contributed by atoms with Crippen LogP contribution in [0, 0.1) is 0 Å². The maximum atomic E-state index is 12.7. The lowest BCUT2D eigenvalue weighted by atomic mass is 10.1. The fourth-order valence-electron chi connectivity index (χ4n) is 2.91. The smallest absolute Gasteiger partial charge is 0.398 e. The highest BCUT2D eigenvalue weighted by Gasteiger charge is 2.20. The van der Waals surface area contributed by atoms with Crippen molar-refractivity contribution in [3.05, 3.63) is 77.5 Å². The molecular weight excluding hydrogens is 474 g/mol. The van der Waals surface area contributed by atoms with E-state index in [1.54, 1.807) is 49.2 Å². The molecule has 2 heterocycles. The second-order valence-corrected chi connectivity index (χ2v) is 9.39. The number of aromatic nitrogens is 1. The summed E-state index contributed by atoms with van der Waals surface area (Å²) in [6, 6.07) is 11.7. The Bertz CT molecular complexity index is 1240. The minimum Gasteiger partial charge on any atom is -0.456 e. The zero-order valence-electron chi connectivity index (χ0n) is 19.1. The number of hydrogen-bond acceptors (Lipinski definition) is 9. The minimum atomic E-state index is -3.88. The van der Waals surface area contributed by atoms with Crippen LogP contribution < -0.4 is 15.6 Å². The first-order valence-electron chi connectivity index (χ1n) is 10.6. The molecule has 0 bridgehead atoms. The lowest BCUT2D eigenvalue weighted by molar-refractivity contribution is -0.157. The Morgan fingerprint density at radius 3 is 2.46 bits per heavy atom. The minimum absolute atomic E-state index is 0.0547. The number of carbonyl (C=O) groups is 3. The summed E-state index contributed by atoms with van der Waals surface area (Å²) < 4.78 is 32.6. The molecule has 1 aliphatic heterocycles. The molecule has 11 nitrogen and oxygen atoms in total. The van der Waals surface area contributed by atoms with Crippen LogP contribution in [-0.4, -0.2) is 55.2 Å². The molecule has 1 aliphatic rings. The monoisotopic (exact) mass is 499 g/mol. The second-order valence-electron chi connectivity index (χ2n) is 7.71. The van der Waals surface area contributed by atoms with Crippen LogP contribution in [-0.2, 0) is 24.3 Å². The van der Waals surface area contributed by atoms with Crippen molar-refractivity contribution in [2.75, 3.05) is 23.2 Å². The molecule has 3 N–H and O–H groups in total. The zero-order valence-corrected chi connectivity index (χ0v) is 19.9. The van der Waals surface area contributed by atoms with Crippen molar-refractivity contribution in [2.24, 2.45) is 0 Å². The van der Waals surface area contributed by atoms with Gasteiger partial charge in [-0.3, -0.25) is 25.2 Å². The van der Waals surface area contributed by atoms with Crippen LogP contribution in [0.3, 0.4) is 0 Å². The summed E-state index contributed by atoms with van der Waals surface area (Å²) in [5, 5.41) is 0. The number of nitrogens with one attached hydrogen (secondary N) is 3. The van der Waals surface area contributed by atoms with Crippen LogP contribution in [0.2, 0.25) is 0 Å². The van der Waals surface area contributed by atoms with Gasteiger partial charge < -0.3 is 9.64 Å². The van der Waals surface area contributed by atoms with Gasteiger partial charge in [0.05, 0.1) is 29.4 Å². The van der Waals surface area contributed by atoms with E-state index in [0.717, 1.165) is 0 Å². The maximum Gasteiger partial charge on any atom is 0.398 e. The predicted octanol–water partition coefficient (Wildman–Crippen LogP) is 1.81.